The second kappa shape index (κ2) is 6.60. The van der Waals surface area contributed by atoms with Crippen LogP contribution in [0.25, 0.3) is 0 Å². The maximum Gasteiger partial charge on any atom is 0.240 e. The Bertz CT molecular complexity index is 798. The van der Waals surface area contributed by atoms with Gasteiger partial charge in [0.1, 0.15) is 11.9 Å². The Morgan fingerprint density at radius 3 is 2.87 bits per heavy atom. The Kier molecular flexibility index (Phi) is 4.72. The van der Waals surface area contributed by atoms with Crippen molar-refractivity contribution in [1.29, 1.82) is 0 Å². The van der Waals surface area contributed by atoms with Crippen LogP contribution in [-0.2, 0) is 21.2 Å². The summed E-state index contributed by atoms with van der Waals surface area (Å²) in [6.45, 7) is 2.82. The monoisotopic (exact) mass is 353 g/mol. The topological polar surface area (TPSA) is 64.6 Å². The molecule has 1 aliphatic heterocycles. The molecule has 23 heavy (non-hydrogen) atoms. The fourth-order valence-corrected chi connectivity index (χ4v) is 4.56. The van der Waals surface area contributed by atoms with Crippen LogP contribution in [0.1, 0.15) is 21.4 Å². The number of hydrogen-bond acceptors (Lipinski definition) is 5. The van der Waals surface area contributed by atoms with Gasteiger partial charge in [0.05, 0.1) is 11.5 Å². The first kappa shape index (κ1) is 16.4. The van der Waals surface area contributed by atoms with E-state index < -0.39 is 10.0 Å². The van der Waals surface area contributed by atoms with Crippen molar-refractivity contribution < 1.29 is 17.9 Å². The second-order valence-corrected chi connectivity index (χ2v) is 8.48. The van der Waals surface area contributed by atoms with Gasteiger partial charge in [0, 0.05) is 29.8 Å². The average molecular weight is 353 g/mol. The van der Waals surface area contributed by atoms with Gasteiger partial charge in [0.25, 0.3) is 0 Å². The largest absolute Gasteiger partial charge is 0.493 e. The molecule has 0 unspecified atom stereocenters. The molecule has 124 valence electrons. The van der Waals surface area contributed by atoms with Gasteiger partial charge >= 0.3 is 0 Å². The van der Waals surface area contributed by atoms with Crippen molar-refractivity contribution in [2.75, 3.05) is 20.3 Å². The molecule has 0 bridgehead atoms. The lowest BCUT2D eigenvalue weighted by Gasteiger charge is -2.15. The lowest BCUT2D eigenvalue weighted by atomic mass is 10.2. The number of benzene rings is 1. The summed E-state index contributed by atoms with van der Waals surface area (Å²) in [6.07, 6.45) is 0.453. The van der Waals surface area contributed by atoms with Crippen molar-refractivity contribution in [2.24, 2.45) is 0 Å². The van der Waals surface area contributed by atoms with Crippen molar-refractivity contribution in [3.63, 3.8) is 0 Å². The Balaban J connectivity index is 1.73. The smallest absolute Gasteiger partial charge is 0.240 e. The van der Waals surface area contributed by atoms with E-state index in [-0.39, 0.29) is 17.5 Å². The van der Waals surface area contributed by atoms with Crippen LogP contribution in [0.2, 0.25) is 0 Å². The van der Waals surface area contributed by atoms with E-state index in [0.29, 0.717) is 6.61 Å². The summed E-state index contributed by atoms with van der Waals surface area (Å²) in [5.41, 5.74) is 0.935. The van der Waals surface area contributed by atoms with Gasteiger partial charge in [-0.2, -0.15) is 0 Å². The number of aryl methyl sites for hydroxylation is 1. The van der Waals surface area contributed by atoms with Crippen LogP contribution in [0.3, 0.4) is 0 Å². The zero-order valence-corrected chi connectivity index (χ0v) is 14.7. The molecule has 1 aromatic heterocycles. The summed E-state index contributed by atoms with van der Waals surface area (Å²) in [5, 5.41) is 0. The van der Waals surface area contributed by atoms with Gasteiger partial charge < -0.3 is 9.47 Å². The van der Waals surface area contributed by atoms with Gasteiger partial charge in [-0.25, -0.2) is 13.1 Å². The molecule has 3 rings (SSSR count). The lowest BCUT2D eigenvalue weighted by Crippen LogP contribution is -2.29. The predicted molar refractivity (Wildman–Crippen MR) is 89.6 cm³/mol. The first-order valence-corrected chi connectivity index (χ1v) is 9.64. The van der Waals surface area contributed by atoms with Gasteiger partial charge in [0.15, 0.2) is 0 Å². The SMILES string of the molecule is CO[C@@H](CNS(=O)(=O)c1ccc2c(c1)CCO2)c1ccc(C)s1. The lowest BCUT2D eigenvalue weighted by molar-refractivity contribution is 0.110. The minimum Gasteiger partial charge on any atom is -0.493 e. The number of sulfonamides is 1. The number of ether oxygens (including phenoxy) is 2. The van der Waals surface area contributed by atoms with E-state index in [1.54, 1.807) is 36.6 Å². The van der Waals surface area contributed by atoms with E-state index in [4.69, 9.17) is 9.47 Å². The van der Waals surface area contributed by atoms with Crippen LogP contribution in [-0.4, -0.2) is 28.7 Å². The molecule has 2 aromatic rings. The summed E-state index contributed by atoms with van der Waals surface area (Å²) in [5.74, 6) is 0.771. The summed E-state index contributed by atoms with van der Waals surface area (Å²) in [6, 6.07) is 8.94. The second-order valence-electron chi connectivity index (χ2n) is 5.39. The number of methoxy groups -OCH3 is 1. The average Bonchev–Trinajstić information content (AvgIpc) is 3.16. The molecule has 1 N–H and O–H groups in total. The Morgan fingerprint density at radius 2 is 2.17 bits per heavy atom. The highest BCUT2D eigenvalue weighted by molar-refractivity contribution is 7.89. The molecule has 0 spiro atoms. The van der Waals surface area contributed by atoms with Gasteiger partial charge in [-0.05, 0) is 42.8 Å². The van der Waals surface area contributed by atoms with Crippen molar-refractivity contribution in [2.45, 2.75) is 24.3 Å². The molecule has 0 fully saturated rings. The molecule has 0 saturated carbocycles. The van der Waals surface area contributed by atoms with E-state index in [1.165, 1.54) is 4.88 Å². The standard InChI is InChI=1S/C16H19NO4S2/c1-11-3-6-16(22-11)15(20-2)10-17-23(18,19)13-4-5-14-12(9-13)7-8-21-14/h3-6,9,15,17H,7-8,10H2,1-2H3/t15-/m0/s1. The zero-order valence-electron chi connectivity index (χ0n) is 13.0. The maximum atomic E-state index is 12.5. The number of hydrogen-bond donors (Lipinski definition) is 1. The maximum absolute atomic E-state index is 12.5. The molecule has 5 nitrogen and oxygen atoms in total. The van der Waals surface area contributed by atoms with Gasteiger partial charge in [0.2, 0.25) is 10.0 Å². The van der Waals surface area contributed by atoms with E-state index in [2.05, 4.69) is 4.72 Å². The highest BCUT2D eigenvalue weighted by atomic mass is 32.2. The van der Waals surface area contributed by atoms with Crippen LogP contribution >= 0.6 is 11.3 Å². The summed E-state index contributed by atoms with van der Waals surface area (Å²) < 4.78 is 38.4. The third kappa shape index (κ3) is 3.58. The molecule has 0 amide bonds. The summed E-state index contributed by atoms with van der Waals surface area (Å²) in [4.78, 5) is 2.44. The third-order valence-corrected chi connectivity index (χ3v) is 6.31. The number of nitrogens with one attached hydrogen (secondary N) is 1. The third-order valence-electron chi connectivity index (χ3n) is 3.79. The zero-order chi connectivity index (χ0) is 16.4. The Morgan fingerprint density at radius 1 is 1.35 bits per heavy atom. The fourth-order valence-electron chi connectivity index (χ4n) is 2.53. The Labute approximate surface area is 140 Å². The van der Waals surface area contributed by atoms with Crippen LogP contribution in [0, 0.1) is 6.92 Å². The molecule has 0 radical (unpaired) electrons. The van der Waals surface area contributed by atoms with Gasteiger partial charge in [-0.15, -0.1) is 11.3 Å². The number of thiophene rings is 1. The molecule has 0 aliphatic carbocycles. The predicted octanol–water partition coefficient (Wildman–Crippen LogP) is 2.66. The molecule has 7 heteroatoms. The highest BCUT2D eigenvalue weighted by Crippen LogP contribution is 2.28. The molecular formula is C16H19NO4S2. The first-order chi connectivity index (χ1) is 11.0. The highest BCUT2D eigenvalue weighted by Gasteiger charge is 2.21. The Hall–Kier alpha value is -1.41. The molecule has 1 aliphatic rings. The van der Waals surface area contributed by atoms with Crippen molar-refractivity contribution in [3.05, 3.63) is 45.6 Å². The summed E-state index contributed by atoms with van der Waals surface area (Å²) >= 11 is 1.61. The van der Waals surface area contributed by atoms with E-state index in [9.17, 15) is 8.42 Å². The van der Waals surface area contributed by atoms with Crippen LogP contribution in [0.5, 0.6) is 5.75 Å². The quantitative estimate of drug-likeness (QED) is 0.867. The normalized spacial score (nSPS) is 15.2. The molecule has 2 heterocycles. The molecule has 0 saturated heterocycles. The van der Waals surface area contributed by atoms with E-state index >= 15 is 0 Å². The molecule has 1 aromatic carbocycles. The van der Waals surface area contributed by atoms with Crippen molar-refractivity contribution in [3.8, 4) is 5.75 Å². The van der Waals surface area contributed by atoms with Crippen LogP contribution in [0.15, 0.2) is 35.2 Å². The number of rotatable bonds is 6. The van der Waals surface area contributed by atoms with E-state index in [1.807, 2.05) is 19.1 Å². The van der Waals surface area contributed by atoms with Gasteiger partial charge in [-0.3, -0.25) is 0 Å². The van der Waals surface area contributed by atoms with E-state index in [0.717, 1.165) is 22.6 Å². The van der Waals surface area contributed by atoms with Gasteiger partial charge in [-0.1, -0.05) is 0 Å². The summed E-state index contributed by atoms with van der Waals surface area (Å²) in [7, 11) is -1.99. The number of fused-ring (bicyclic) bond motifs is 1. The first-order valence-electron chi connectivity index (χ1n) is 7.34. The molecular weight excluding hydrogens is 334 g/mol. The van der Waals surface area contributed by atoms with Crippen LogP contribution < -0.4 is 9.46 Å². The van der Waals surface area contributed by atoms with Crippen molar-refractivity contribution >= 4 is 21.4 Å². The van der Waals surface area contributed by atoms with Crippen molar-refractivity contribution in [1.82, 2.24) is 4.72 Å². The minimum absolute atomic E-state index is 0.201. The minimum atomic E-state index is -3.57. The fraction of sp³-hybridized carbons (Fsp3) is 0.375. The molecule has 1 atom stereocenters. The van der Waals surface area contributed by atoms with Crippen LogP contribution in [0.4, 0.5) is 0 Å².